The lowest BCUT2D eigenvalue weighted by Gasteiger charge is -2.05. The zero-order valence-electron chi connectivity index (χ0n) is 9.29. The van der Waals surface area contributed by atoms with Gasteiger partial charge in [-0.05, 0) is 24.1 Å². The Morgan fingerprint density at radius 2 is 2.25 bits per heavy atom. The van der Waals surface area contributed by atoms with Crippen molar-refractivity contribution in [2.75, 3.05) is 13.2 Å². The molecule has 0 unspecified atom stereocenters. The van der Waals surface area contributed by atoms with Crippen LogP contribution in [-0.2, 0) is 11.3 Å². The molecule has 0 saturated heterocycles. The molecule has 0 aromatic heterocycles. The Morgan fingerprint density at radius 3 is 2.94 bits per heavy atom. The smallest absolute Gasteiger partial charge is 0.124 e. The van der Waals surface area contributed by atoms with Gasteiger partial charge in [-0.25, -0.2) is 4.39 Å². The van der Waals surface area contributed by atoms with Crippen LogP contribution in [0.5, 0.6) is 0 Å². The molecule has 1 aromatic rings. The summed E-state index contributed by atoms with van der Waals surface area (Å²) in [6.45, 7) is 2.89. The van der Waals surface area contributed by atoms with E-state index in [1.807, 2.05) is 6.92 Å². The molecule has 0 aliphatic heterocycles. The van der Waals surface area contributed by atoms with Gasteiger partial charge in [-0.2, -0.15) is 0 Å². The number of halogens is 1. The lowest BCUT2D eigenvalue weighted by molar-refractivity contribution is 0.121. The number of aliphatic hydroxyl groups is 1. The van der Waals surface area contributed by atoms with E-state index in [1.54, 1.807) is 6.07 Å². The fourth-order valence-corrected chi connectivity index (χ4v) is 1.25. The van der Waals surface area contributed by atoms with Crippen molar-refractivity contribution in [3.8, 4) is 11.8 Å². The second-order valence-corrected chi connectivity index (χ2v) is 3.31. The van der Waals surface area contributed by atoms with Crippen molar-refractivity contribution >= 4 is 0 Å². The second-order valence-electron chi connectivity index (χ2n) is 3.31. The lowest BCUT2D eigenvalue weighted by Crippen LogP contribution is -1.97. The van der Waals surface area contributed by atoms with Crippen molar-refractivity contribution in [1.29, 1.82) is 0 Å². The molecule has 1 N–H and O–H groups in total. The largest absolute Gasteiger partial charge is 0.384 e. The van der Waals surface area contributed by atoms with Gasteiger partial charge in [-0.3, -0.25) is 0 Å². The maximum Gasteiger partial charge on any atom is 0.124 e. The average Bonchev–Trinajstić information content (AvgIpc) is 2.29. The van der Waals surface area contributed by atoms with E-state index >= 15 is 0 Å². The summed E-state index contributed by atoms with van der Waals surface area (Å²) in [5.41, 5.74) is 1.42. The van der Waals surface area contributed by atoms with Crippen LogP contribution >= 0.6 is 0 Å². The molecule has 2 nitrogen and oxygen atoms in total. The summed E-state index contributed by atoms with van der Waals surface area (Å²) in [6.07, 6.45) is 0.943. The van der Waals surface area contributed by atoms with Crippen molar-refractivity contribution in [2.45, 2.75) is 20.0 Å². The highest BCUT2D eigenvalue weighted by molar-refractivity contribution is 5.41. The fourth-order valence-electron chi connectivity index (χ4n) is 1.25. The number of hydrogen-bond acceptors (Lipinski definition) is 2. The molecule has 3 heteroatoms. The van der Waals surface area contributed by atoms with E-state index in [1.165, 1.54) is 12.1 Å². The van der Waals surface area contributed by atoms with Crippen LogP contribution in [0.15, 0.2) is 18.2 Å². The van der Waals surface area contributed by atoms with E-state index in [0.717, 1.165) is 12.0 Å². The van der Waals surface area contributed by atoms with Gasteiger partial charge in [0.15, 0.2) is 0 Å². The summed E-state index contributed by atoms with van der Waals surface area (Å²) >= 11 is 0. The average molecular weight is 222 g/mol. The van der Waals surface area contributed by atoms with Crippen LogP contribution in [-0.4, -0.2) is 18.3 Å². The minimum atomic E-state index is -0.332. The third-order valence-corrected chi connectivity index (χ3v) is 1.98. The Hall–Kier alpha value is -1.37. The van der Waals surface area contributed by atoms with E-state index in [0.29, 0.717) is 18.8 Å². The number of ether oxygens (including phenoxy) is 1. The molecule has 0 heterocycles. The molecule has 0 amide bonds. The Labute approximate surface area is 95.1 Å². The highest BCUT2D eigenvalue weighted by atomic mass is 19.1. The van der Waals surface area contributed by atoms with Crippen LogP contribution in [0.25, 0.3) is 0 Å². The Balaban J connectivity index is 2.80. The first-order valence-corrected chi connectivity index (χ1v) is 5.23. The van der Waals surface area contributed by atoms with Gasteiger partial charge in [0.05, 0.1) is 6.61 Å². The monoisotopic (exact) mass is 222 g/mol. The molecule has 0 radical (unpaired) electrons. The second kappa shape index (κ2) is 7.00. The number of hydrogen-bond donors (Lipinski definition) is 1. The van der Waals surface area contributed by atoms with E-state index in [9.17, 15) is 4.39 Å². The zero-order chi connectivity index (χ0) is 11.8. The van der Waals surface area contributed by atoms with Crippen molar-refractivity contribution in [3.05, 3.63) is 35.1 Å². The topological polar surface area (TPSA) is 29.5 Å². The van der Waals surface area contributed by atoms with E-state index in [-0.39, 0.29) is 12.4 Å². The molecule has 0 aliphatic carbocycles. The molecule has 0 spiro atoms. The molecule has 0 bridgehead atoms. The molecule has 0 fully saturated rings. The van der Waals surface area contributed by atoms with Crippen molar-refractivity contribution in [2.24, 2.45) is 0 Å². The predicted molar refractivity (Wildman–Crippen MR) is 60.3 cm³/mol. The first kappa shape index (κ1) is 12.7. The van der Waals surface area contributed by atoms with Gasteiger partial charge >= 0.3 is 0 Å². The fraction of sp³-hybridized carbons (Fsp3) is 0.385. The van der Waals surface area contributed by atoms with Crippen LogP contribution in [0.4, 0.5) is 4.39 Å². The standard InChI is InChI=1S/C13H15FO2/c1-2-8-16-10-12-5-6-13(14)9-11(12)4-3-7-15/h5-6,9,15H,2,7-8,10H2,1H3. The molecule has 16 heavy (non-hydrogen) atoms. The minimum Gasteiger partial charge on any atom is -0.384 e. The van der Waals surface area contributed by atoms with Crippen molar-refractivity contribution in [1.82, 2.24) is 0 Å². The molecule has 0 aliphatic rings. The van der Waals surface area contributed by atoms with Gasteiger partial charge < -0.3 is 9.84 Å². The van der Waals surface area contributed by atoms with Gasteiger partial charge in [0, 0.05) is 12.2 Å². The number of aliphatic hydroxyl groups excluding tert-OH is 1. The van der Waals surface area contributed by atoms with Gasteiger partial charge in [-0.15, -0.1) is 0 Å². The summed E-state index contributed by atoms with van der Waals surface area (Å²) in [6, 6.07) is 4.40. The maximum atomic E-state index is 13.0. The molecule has 1 aromatic carbocycles. The van der Waals surface area contributed by atoms with Gasteiger partial charge in [0.25, 0.3) is 0 Å². The van der Waals surface area contributed by atoms with Crippen LogP contribution < -0.4 is 0 Å². The predicted octanol–water partition coefficient (Wildman–Crippen LogP) is 2.10. The Kier molecular flexibility index (Phi) is 5.55. The molecular formula is C13H15FO2. The van der Waals surface area contributed by atoms with E-state index < -0.39 is 0 Å². The molecule has 0 saturated carbocycles. The Morgan fingerprint density at radius 1 is 1.44 bits per heavy atom. The number of rotatable bonds is 4. The van der Waals surface area contributed by atoms with Crippen LogP contribution in [0.1, 0.15) is 24.5 Å². The molecule has 0 atom stereocenters. The van der Waals surface area contributed by atoms with Gasteiger partial charge in [0.2, 0.25) is 0 Å². The van der Waals surface area contributed by atoms with Crippen LogP contribution in [0, 0.1) is 17.7 Å². The normalized spacial score (nSPS) is 9.69. The SMILES string of the molecule is CCCOCc1ccc(F)cc1C#CCO. The molecule has 86 valence electrons. The highest BCUT2D eigenvalue weighted by Crippen LogP contribution is 2.11. The van der Waals surface area contributed by atoms with E-state index in [2.05, 4.69) is 11.8 Å². The summed E-state index contributed by atoms with van der Waals surface area (Å²) in [4.78, 5) is 0. The van der Waals surface area contributed by atoms with E-state index in [4.69, 9.17) is 9.84 Å². The zero-order valence-corrected chi connectivity index (χ0v) is 9.29. The molecular weight excluding hydrogens is 207 g/mol. The summed E-state index contributed by atoms with van der Waals surface area (Å²) < 4.78 is 18.4. The minimum absolute atomic E-state index is 0.230. The number of benzene rings is 1. The van der Waals surface area contributed by atoms with Gasteiger partial charge in [-0.1, -0.05) is 24.8 Å². The highest BCUT2D eigenvalue weighted by Gasteiger charge is 2.02. The molecule has 1 rings (SSSR count). The first-order valence-electron chi connectivity index (χ1n) is 5.23. The maximum absolute atomic E-state index is 13.0. The quantitative estimate of drug-likeness (QED) is 0.624. The summed E-state index contributed by atoms with van der Waals surface area (Å²) in [7, 11) is 0. The van der Waals surface area contributed by atoms with Gasteiger partial charge in [0.1, 0.15) is 12.4 Å². The van der Waals surface area contributed by atoms with Crippen LogP contribution in [0.3, 0.4) is 0 Å². The third-order valence-electron chi connectivity index (χ3n) is 1.98. The van der Waals surface area contributed by atoms with Crippen molar-refractivity contribution < 1.29 is 14.2 Å². The first-order chi connectivity index (χ1) is 7.77. The third kappa shape index (κ3) is 4.01. The Bertz CT molecular complexity index is 391. The lowest BCUT2D eigenvalue weighted by atomic mass is 10.1. The van der Waals surface area contributed by atoms with Crippen LogP contribution in [0.2, 0.25) is 0 Å². The summed E-state index contributed by atoms with van der Waals surface area (Å²) in [5, 5.41) is 8.60. The van der Waals surface area contributed by atoms with Crippen molar-refractivity contribution in [3.63, 3.8) is 0 Å². The summed E-state index contributed by atoms with van der Waals surface area (Å²) in [5.74, 6) is 4.88.